The van der Waals surface area contributed by atoms with E-state index in [0.29, 0.717) is 17.6 Å². The molecule has 0 saturated carbocycles. The molecule has 0 radical (unpaired) electrons. The summed E-state index contributed by atoms with van der Waals surface area (Å²) in [7, 11) is 0. The molecule has 27 heavy (non-hydrogen) atoms. The Hall–Kier alpha value is -3.33. The number of hydrogen-bond donors (Lipinski definition) is 0. The zero-order valence-electron chi connectivity index (χ0n) is 15.1. The van der Waals surface area contributed by atoms with Crippen molar-refractivity contribution in [2.45, 2.75) is 19.3 Å². The third-order valence-corrected chi connectivity index (χ3v) is 4.85. The zero-order chi connectivity index (χ0) is 18.8. The number of fused-ring (bicyclic) bond motifs is 1. The minimum atomic E-state index is -0.328. The van der Waals surface area contributed by atoms with Crippen LogP contribution in [-0.2, 0) is 6.42 Å². The fourth-order valence-corrected chi connectivity index (χ4v) is 3.46. The van der Waals surface area contributed by atoms with Crippen LogP contribution in [-0.4, -0.2) is 0 Å². The van der Waals surface area contributed by atoms with Crippen molar-refractivity contribution in [1.82, 2.24) is 0 Å². The van der Waals surface area contributed by atoms with Gasteiger partial charge in [0.05, 0.1) is 11.6 Å². The van der Waals surface area contributed by atoms with Crippen LogP contribution in [0.3, 0.4) is 0 Å². The van der Waals surface area contributed by atoms with Crippen LogP contribution in [0.5, 0.6) is 0 Å². The molecule has 4 aromatic rings. The molecule has 2 aromatic heterocycles. The highest BCUT2D eigenvalue weighted by Crippen LogP contribution is 2.36. The highest BCUT2D eigenvalue weighted by molar-refractivity contribution is 5.89. The fraction of sp³-hybridized carbons (Fsp3) is 0.125. The first-order valence-electron chi connectivity index (χ1n) is 8.95. The van der Waals surface area contributed by atoms with Crippen LogP contribution in [0, 0.1) is 6.92 Å². The molecule has 2 heterocycles. The van der Waals surface area contributed by atoms with Crippen molar-refractivity contribution in [3.05, 3.63) is 107 Å². The monoisotopic (exact) mass is 356 g/mol. The summed E-state index contributed by atoms with van der Waals surface area (Å²) in [5.41, 5.74) is 2.66. The van der Waals surface area contributed by atoms with E-state index in [4.69, 9.17) is 8.83 Å². The van der Waals surface area contributed by atoms with Crippen molar-refractivity contribution in [3.8, 4) is 11.3 Å². The molecule has 0 aliphatic rings. The van der Waals surface area contributed by atoms with Gasteiger partial charge in [0.15, 0.2) is 0 Å². The second kappa shape index (κ2) is 7.12. The molecule has 1 unspecified atom stereocenters. The molecule has 0 aliphatic heterocycles. The van der Waals surface area contributed by atoms with Crippen molar-refractivity contribution < 1.29 is 8.83 Å². The van der Waals surface area contributed by atoms with Crippen LogP contribution in [0.2, 0.25) is 0 Å². The first-order valence-corrected chi connectivity index (χ1v) is 8.95. The van der Waals surface area contributed by atoms with Gasteiger partial charge < -0.3 is 8.83 Å². The molecular weight excluding hydrogens is 336 g/mol. The Morgan fingerprint density at radius 3 is 2.41 bits per heavy atom. The Morgan fingerprint density at radius 1 is 1.00 bits per heavy atom. The van der Waals surface area contributed by atoms with Crippen molar-refractivity contribution in [3.63, 3.8) is 0 Å². The van der Waals surface area contributed by atoms with Gasteiger partial charge in [-0.05, 0) is 30.5 Å². The maximum atomic E-state index is 12.6. The fourth-order valence-electron chi connectivity index (χ4n) is 3.46. The molecule has 0 N–H and O–H groups in total. The minimum absolute atomic E-state index is 0.0540. The molecule has 2 aromatic carbocycles. The van der Waals surface area contributed by atoms with Gasteiger partial charge in [-0.15, -0.1) is 6.58 Å². The van der Waals surface area contributed by atoms with Crippen molar-refractivity contribution >= 4 is 10.8 Å². The predicted molar refractivity (Wildman–Crippen MR) is 108 cm³/mol. The summed E-state index contributed by atoms with van der Waals surface area (Å²) >= 11 is 0. The Bertz CT molecular complexity index is 1130. The second-order valence-corrected chi connectivity index (χ2v) is 6.67. The second-order valence-electron chi connectivity index (χ2n) is 6.67. The number of benzene rings is 2. The van der Waals surface area contributed by atoms with E-state index in [0.717, 1.165) is 27.8 Å². The standard InChI is InChI=1S/C24H20O3/c1-3-17(15-19-7-6-14-26-19)22-20-8-4-5-9-21(20)24(25)27-23(22)18-12-10-16(2)11-13-18/h3-14,17H,1,15H2,2H3. The minimum Gasteiger partial charge on any atom is -0.469 e. The van der Waals surface area contributed by atoms with Crippen molar-refractivity contribution in [2.75, 3.05) is 0 Å². The molecular formula is C24H20O3. The summed E-state index contributed by atoms with van der Waals surface area (Å²) in [6, 6.07) is 19.4. The normalized spacial score (nSPS) is 12.2. The largest absolute Gasteiger partial charge is 0.469 e. The summed E-state index contributed by atoms with van der Waals surface area (Å²) < 4.78 is 11.4. The first kappa shape index (κ1) is 17.1. The molecule has 0 aliphatic carbocycles. The Balaban J connectivity index is 1.99. The highest BCUT2D eigenvalue weighted by atomic mass is 16.4. The molecule has 0 bridgehead atoms. The van der Waals surface area contributed by atoms with Crippen LogP contribution >= 0.6 is 0 Å². The number of rotatable bonds is 5. The SMILES string of the molecule is C=CC(Cc1ccco1)c1c(-c2ccc(C)cc2)oc(=O)c2ccccc12. The van der Waals surface area contributed by atoms with E-state index in [1.807, 2.05) is 67.6 Å². The van der Waals surface area contributed by atoms with Crippen LogP contribution < -0.4 is 5.63 Å². The lowest BCUT2D eigenvalue weighted by Gasteiger charge is -2.18. The van der Waals surface area contributed by atoms with Gasteiger partial charge in [-0.3, -0.25) is 0 Å². The van der Waals surface area contributed by atoms with Gasteiger partial charge in [0.2, 0.25) is 0 Å². The summed E-state index contributed by atoms with van der Waals surface area (Å²) in [6.07, 6.45) is 4.20. The van der Waals surface area contributed by atoms with Gasteiger partial charge in [-0.2, -0.15) is 0 Å². The summed E-state index contributed by atoms with van der Waals surface area (Å²) in [6.45, 7) is 6.07. The van der Waals surface area contributed by atoms with Crippen LogP contribution in [0.15, 0.2) is 93.2 Å². The summed E-state index contributed by atoms with van der Waals surface area (Å²) in [4.78, 5) is 12.6. The smallest absolute Gasteiger partial charge is 0.344 e. The molecule has 0 saturated heterocycles. The van der Waals surface area contributed by atoms with E-state index in [9.17, 15) is 4.79 Å². The van der Waals surface area contributed by atoms with E-state index in [1.54, 1.807) is 12.3 Å². The number of furan rings is 1. The van der Waals surface area contributed by atoms with Gasteiger partial charge >= 0.3 is 5.63 Å². The molecule has 0 amide bonds. The van der Waals surface area contributed by atoms with E-state index < -0.39 is 0 Å². The average molecular weight is 356 g/mol. The molecule has 3 heteroatoms. The van der Waals surface area contributed by atoms with Gasteiger partial charge in [-0.1, -0.05) is 54.1 Å². The molecule has 3 nitrogen and oxygen atoms in total. The van der Waals surface area contributed by atoms with E-state index >= 15 is 0 Å². The van der Waals surface area contributed by atoms with Gasteiger partial charge in [0.25, 0.3) is 0 Å². The van der Waals surface area contributed by atoms with Gasteiger partial charge in [0.1, 0.15) is 11.5 Å². The van der Waals surface area contributed by atoms with E-state index in [1.165, 1.54) is 0 Å². The van der Waals surface area contributed by atoms with Gasteiger partial charge in [0, 0.05) is 23.5 Å². The topological polar surface area (TPSA) is 43.4 Å². The van der Waals surface area contributed by atoms with Crippen LogP contribution in [0.4, 0.5) is 0 Å². The third kappa shape index (κ3) is 3.24. The van der Waals surface area contributed by atoms with Crippen LogP contribution in [0.1, 0.15) is 22.8 Å². The number of hydrogen-bond acceptors (Lipinski definition) is 3. The molecule has 0 spiro atoms. The first-order chi connectivity index (χ1) is 13.2. The van der Waals surface area contributed by atoms with Crippen molar-refractivity contribution in [2.24, 2.45) is 0 Å². The lowest BCUT2D eigenvalue weighted by Crippen LogP contribution is -2.09. The maximum Gasteiger partial charge on any atom is 0.344 e. The van der Waals surface area contributed by atoms with Crippen molar-refractivity contribution in [1.29, 1.82) is 0 Å². The molecule has 1 atom stereocenters. The third-order valence-electron chi connectivity index (χ3n) is 4.85. The average Bonchev–Trinajstić information content (AvgIpc) is 3.20. The summed E-state index contributed by atoms with van der Waals surface area (Å²) in [5.74, 6) is 1.40. The highest BCUT2D eigenvalue weighted by Gasteiger charge is 2.22. The zero-order valence-corrected chi connectivity index (χ0v) is 15.1. The lowest BCUT2D eigenvalue weighted by molar-refractivity contribution is 0.494. The van der Waals surface area contributed by atoms with E-state index in [-0.39, 0.29) is 11.5 Å². The lowest BCUT2D eigenvalue weighted by atomic mass is 9.88. The Morgan fingerprint density at radius 2 is 1.74 bits per heavy atom. The Kier molecular flexibility index (Phi) is 4.51. The molecule has 134 valence electrons. The van der Waals surface area contributed by atoms with Gasteiger partial charge in [-0.25, -0.2) is 4.79 Å². The molecule has 4 rings (SSSR count). The van der Waals surface area contributed by atoms with E-state index in [2.05, 4.69) is 6.58 Å². The number of aryl methyl sites for hydroxylation is 1. The van der Waals surface area contributed by atoms with Crippen LogP contribution in [0.25, 0.3) is 22.1 Å². The summed E-state index contributed by atoms with van der Waals surface area (Å²) in [5, 5.41) is 1.47. The number of allylic oxidation sites excluding steroid dienone is 1. The Labute approximate surface area is 157 Å². The molecule has 0 fully saturated rings. The quantitative estimate of drug-likeness (QED) is 0.420. The maximum absolute atomic E-state index is 12.6. The predicted octanol–water partition coefficient (Wildman–Crippen LogP) is 5.87.